The highest BCUT2D eigenvalue weighted by Crippen LogP contribution is 2.67. The maximum absolute atomic E-state index is 12.5. The molecule has 112 valence electrons. The molecular formula is C15H22O5. The fraction of sp³-hybridized carbons (Fsp3) is 0.867. The largest absolute Gasteiger partial charge is 0.463 e. The summed E-state index contributed by atoms with van der Waals surface area (Å²) in [4.78, 5) is 24.5. The molecule has 1 saturated heterocycles. The van der Waals surface area contributed by atoms with E-state index in [0.29, 0.717) is 12.8 Å². The number of rotatable bonds is 0. The number of aliphatic hydroxyl groups is 2. The molecule has 3 rings (SSSR count). The Balaban J connectivity index is 2.28. The highest BCUT2D eigenvalue weighted by molar-refractivity contribution is 5.87. The summed E-state index contributed by atoms with van der Waals surface area (Å²) in [5, 5.41) is 21.9. The smallest absolute Gasteiger partial charge is 0.335 e. The lowest BCUT2D eigenvalue weighted by Gasteiger charge is -2.58. The molecule has 0 radical (unpaired) electrons. The van der Waals surface area contributed by atoms with Crippen molar-refractivity contribution in [1.29, 1.82) is 0 Å². The van der Waals surface area contributed by atoms with Crippen LogP contribution in [0.3, 0.4) is 0 Å². The minimum atomic E-state index is -1.43. The fourth-order valence-corrected chi connectivity index (χ4v) is 4.96. The summed E-state index contributed by atoms with van der Waals surface area (Å²) in [7, 11) is 0. The van der Waals surface area contributed by atoms with Crippen molar-refractivity contribution in [2.24, 2.45) is 22.7 Å². The number of Topliss-reactive ketones (excluding diaryl/α,β-unsaturated/α-hetero) is 1. The van der Waals surface area contributed by atoms with Gasteiger partial charge in [0.05, 0.1) is 5.60 Å². The minimum absolute atomic E-state index is 0.00303. The molecule has 0 aromatic heterocycles. The van der Waals surface area contributed by atoms with Crippen molar-refractivity contribution in [3.8, 4) is 0 Å². The molecule has 2 saturated carbocycles. The molecule has 5 heteroatoms. The van der Waals surface area contributed by atoms with Crippen LogP contribution < -0.4 is 0 Å². The summed E-state index contributed by atoms with van der Waals surface area (Å²) in [5.41, 5.74) is -3.17. The van der Waals surface area contributed by atoms with E-state index < -0.39 is 28.5 Å². The molecule has 1 heterocycles. The molecule has 0 aromatic rings. The van der Waals surface area contributed by atoms with E-state index in [1.165, 1.54) is 0 Å². The first kappa shape index (κ1) is 14.0. The van der Waals surface area contributed by atoms with Crippen LogP contribution in [0.1, 0.15) is 40.0 Å². The number of esters is 1. The van der Waals surface area contributed by atoms with Crippen molar-refractivity contribution in [1.82, 2.24) is 0 Å². The van der Waals surface area contributed by atoms with E-state index >= 15 is 0 Å². The van der Waals surface area contributed by atoms with Crippen LogP contribution in [0.4, 0.5) is 0 Å². The quantitative estimate of drug-likeness (QED) is 0.638. The van der Waals surface area contributed by atoms with E-state index in [-0.39, 0.29) is 30.6 Å². The number of carbonyl (C=O) groups is 2. The molecule has 6 unspecified atom stereocenters. The number of carbonyl (C=O) groups excluding carboxylic acids is 2. The van der Waals surface area contributed by atoms with E-state index in [2.05, 4.69) is 0 Å². The van der Waals surface area contributed by atoms with Crippen molar-refractivity contribution >= 4 is 11.8 Å². The Labute approximate surface area is 118 Å². The molecule has 0 aromatic carbocycles. The van der Waals surface area contributed by atoms with E-state index in [4.69, 9.17) is 4.74 Å². The summed E-state index contributed by atoms with van der Waals surface area (Å²) in [6.45, 7) is 5.50. The Morgan fingerprint density at radius 2 is 1.95 bits per heavy atom. The van der Waals surface area contributed by atoms with Gasteiger partial charge in [0.1, 0.15) is 12.4 Å². The van der Waals surface area contributed by atoms with Crippen molar-refractivity contribution in [2.75, 3.05) is 6.61 Å². The summed E-state index contributed by atoms with van der Waals surface area (Å²) in [6.07, 6.45) is -0.173. The van der Waals surface area contributed by atoms with Crippen LogP contribution in [0.25, 0.3) is 0 Å². The lowest BCUT2D eigenvalue weighted by atomic mass is 9.47. The second-order valence-electron chi connectivity index (χ2n) is 7.13. The van der Waals surface area contributed by atoms with Gasteiger partial charge in [-0.25, -0.2) is 4.79 Å². The molecule has 2 bridgehead atoms. The van der Waals surface area contributed by atoms with Crippen LogP contribution in [0, 0.1) is 22.7 Å². The third-order valence-corrected chi connectivity index (χ3v) is 6.66. The van der Waals surface area contributed by atoms with Gasteiger partial charge in [0.15, 0.2) is 6.10 Å². The van der Waals surface area contributed by atoms with Gasteiger partial charge in [-0.15, -0.1) is 0 Å². The first-order chi connectivity index (χ1) is 9.20. The van der Waals surface area contributed by atoms with Gasteiger partial charge in [-0.2, -0.15) is 0 Å². The van der Waals surface area contributed by atoms with Crippen molar-refractivity contribution in [2.45, 2.75) is 51.7 Å². The fourth-order valence-electron chi connectivity index (χ4n) is 4.96. The summed E-state index contributed by atoms with van der Waals surface area (Å²) in [5.74, 6) is -1.18. The predicted octanol–water partition coefficient (Wildman–Crippen LogP) is 0.667. The van der Waals surface area contributed by atoms with Gasteiger partial charge >= 0.3 is 5.97 Å². The lowest BCUT2D eigenvalue weighted by molar-refractivity contribution is -0.224. The van der Waals surface area contributed by atoms with E-state index in [1.54, 1.807) is 6.92 Å². The number of ether oxygens (including phenoxy) is 1. The predicted molar refractivity (Wildman–Crippen MR) is 69.6 cm³/mol. The molecule has 0 spiro atoms. The molecule has 1 aliphatic heterocycles. The third-order valence-electron chi connectivity index (χ3n) is 6.66. The average molecular weight is 282 g/mol. The summed E-state index contributed by atoms with van der Waals surface area (Å²) in [6, 6.07) is 0. The van der Waals surface area contributed by atoms with Crippen LogP contribution in [0.2, 0.25) is 0 Å². The molecule has 0 amide bonds. The maximum Gasteiger partial charge on any atom is 0.335 e. The average Bonchev–Trinajstić information content (AvgIpc) is 2.66. The molecule has 2 aliphatic carbocycles. The van der Waals surface area contributed by atoms with Crippen LogP contribution in [-0.2, 0) is 14.3 Å². The normalized spacial score (nSPS) is 55.1. The van der Waals surface area contributed by atoms with Crippen LogP contribution >= 0.6 is 0 Å². The molecule has 6 atom stereocenters. The second kappa shape index (κ2) is 3.83. The zero-order valence-electron chi connectivity index (χ0n) is 12.2. The van der Waals surface area contributed by atoms with Crippen molar-refractivity contribution in [3.63, 3.8) is 0 Å². The summed E-state index contributed by atoms with van der Waals surface area (Å²) < 4.78 is 5.19. The second-order valence-corrected chi connectivity index (χ2v) is 7.13. The monoisotopic (exact) mass is 282 g/mol. The van der Waals surface area contributed by atoms with Gasteiger partial charge < -0.3 is 14.9 Å². The van der Waals surface area contributed by atoms with Gasteiger partial charge in [0, 0.05) is 23.2 Å². The van der Waals surface area contributed by atoms with Crippen LogP contribution in [0.5, 0.6) is 0 Å². The van der Waals surface area contributed by atoms with E-state index in [9.17, 15) is 19.8 Å². The maximum atomic E-state index is 12.5. The van der Waals surface area contributed by atoms with Gasteiger partial charge in [0.25, 0.3) is 0 Å². The highest BCUT2D eigenvalue weighted by Gasteiger charge is 2.75. The number of aliphatic hydroxyl groups excluding tert-OH is 1. The third kappa shape index (κ3) is 1.22. The molecule has 5 nitrogen and oxygen atoms in total. The van der Waals surface area contributed by atoms with Gasteiger partial charge in [-0.3, -0.25) is 4.79 Å². The van der Waals surface area contributed by atoms with Gasteiger partial charge in [-0.05, 0) is 18.8 Å². The number of cyclic esters (lactones) is 1. The van der Waals surface area contributed by atoms with Crippen molar-refractivity contribution in [3.05, 3.63) is 0 Å². The van der Waals surface area contributed by atoms with Crippen LogP contribution in [0.15, 0.2) is 0 Å². The highest BCUT2D eigenvalue weighted by atomic mass is 16.6. The Kier molecular flexibility index (Phi) is 2.68. The zero-order valence-corrected chi connectivity index (χ0v) is 12.2. The Morgan fingerprint density at radius 1 is 1.30 bits per heavy atom. The Hall–Kier alpha value is -0.940. The molecule has 2 N–H and O–H groups in total. The minimum Gasteiger partial charge on any atom is -0.463 e. The topological polar surface area (TPSA) is 83.8 Å². The standard InChI is InChI=1S/C15H22O5/c1-8-4-5-15(19)13(3)7-20-12(18)11(17)14(8,15)6-10(16)9(13)2/h8-9,11,17,19H,4-7H2,1-3H3. The first-order valence-electron chi connectivity index (χ1n) is 7.30. The number of ketones is 1. The van der Waals surface area contributed by atoms with Gasteiger partial charge in [-0.1, -0.05) is 20.8 Å². The van der Waals surface area contributed by atoms with E-state index in [1.807, 2.05) is 13.8 Å². The Bertz CT molecular complexity index is 489. The van der Waals surface area contributed by atoms with E-state index in [0.717, 1.165) is 0 Å². The molecular weight excluding hydrogens is 260 g/mol. The SMILES string of the molecule is CC1C(=O)CC23C(C)CCC2(O)C1(C)COC(=O)C3O. The zero-order chi connectivity index (χ0) is 14.9. The Morgan fingerprint density at radius 3 is 2.60 bits per heavy atom. The van der Waals surface area contributed by atoms with Crippen molar-refractivity contribution < 1.29 is 24.5 Å². The van der Waals surface area contributed by atoms with Gasteiger partial charge in [0.2, 0.25) is 0 Å². The lowest BCUT2D eigenvalue weighted by Crippen LogP contribution is -2.68. The molecule has 20 heavy (non-hydrogen) atoms. The number of hydrogen-bond donors (Lipinski definition) is 2. The molecule has 3 aliphatic rings. The van der Waals surface area contributed by atoms with Crippen LogP contribution in [-0.4, -0.2) is 40.3 Å². The summed E-state index contributed by atoms with van der Waals surface area (Å²) >= 11 is 0. The molecule has 3 fully saturated rings. The number of hydrogen-bond acceptors (Lipinski definition) is 5. The first-order valence-corrected chi connectivity index (χ1v) is 7.30.